The van der Waals surface area contributed by atoms with Gasteiger partial charge >= 0.3 is 0 Å². The quantitative estimate of drug-likeness (QED) is 0.221. The largest absolute Gasteiger partial charge is 0.412 e. The highest BCUT2D eigenvalue weighted by Gasteiger charge is 2.32. The summed E-state index contributed by atoms with van der Waals surface area (Å²) >= 11 is 0. The van der Waals surface area contributed by atoms with Gasteiger partial charge in [0.05, 0.1) is 24.3 Å². The summed E-state index contributed by atoms with van der Waals surface area (Å²) in [6.45, 7) is 6.21. The number of aliphatic hydroxyl groups excluding tert-OH is 3. The molecular formula is C20H41N5O7. The summed E-state index contributed by atoms with van der Waals surface area (Å²) in [5, 5.41) is 31.9. The van der Waals surface area contributed by atoms with Gasteiger partial charge in [-0.25, -0.2) is 4.98 Å². The van der Waals surface area contributed by atoms with Crippen LogP contribution >= 0.6 is 0 Å². The van der Waals surface area contributed by atoms with Crippen LogP contribution in [0.2, 0.25) is 0 Å². The predicted molar refractivity (Wildman–Crippen MR) is 120 cm³/mol. The first-order valence-electron chi connectivity index (χ1n) is 10.1. The van der Waals surface area contributed by atoms with E-state index in [4.69, 9.17) is 35.9 Å². The molecule has 32 heavy (non-hydrogen) atoms. The average Bonchev–Trinajstić information content (AvgIpc) is 3.25. The van der Waals surface area contributed by atoms with Crippen LogP contribution in [0, 0.1) is 10.8 Å². The fourth-order valence-corrected chi connectivity index (χ4v) is 2.95. The number of nitrogens with one attached hydrogen (secondary N) is 2. The van der Waals surface area contributed by atoms with Crippen LogP contribution in [0.3, 0.4) is 0 Å². The summed E-state index contributed by atoms with van der Waals surface area (Å²) in [4.78, 5) is 17.1. The van der Waals surface area contributed by atoms with Crippen molar-refractivity contribution >= 4 is 11.6 Å². The van der Waals surface area contributed by atoms with Crippen LogP contribution in [0.5, 0.6) is 0 Å². The number of rotatable bonds is 5. The van der Waals surface area contributed by atoms with Crippen LogP contribution in [0.25, 0.3) is 0 Å². The van der Waals surface area contributed by atoms with Gasteiger partial charge in [0.1, 0.15) is 19.0 Å². The molecule has 0 radical (unpaired) electrons. The first-order chi connectivity index (χ1) is 14.2. The van der Waals surface area contributed by atoms with Crippen LogP contribution in [0.1, 0.15) is 51.0 Å². The molecule has 2 fully saturated rings. The molecular weight excluding hydrogens is 422 g/mol. The number of carbonyl (C=O) groups excluding carboxylic acids is 1. The Morgan fingerprint density at radius 1 is 1.09 bits per heavy atom. The van der Waals surface area contributed by atoms with Crippen molar-refractivity contribution in [2.45, 2.75) is 51.6 Å². The van der Waals surface area contributed by atoms with Crippen molar-refractivity contribution in [3.05, 3.63) is 17.7 Å². The van der Waals surface area contributed by atoms with E-state index in [0.717, 1.165) is 63.6 Å². The third-order valence-corrected chi connectivity index (χ3v) is 5.57. The lowest BCUT2D eigenvalue weighted by Gasteiger charge is -2.31. The topological polar surface area (TPSA) is 241 Å². The molecule has 0 atom stereocenters. The Bertz CT molecular complexity index is 651. The molecule has 3 rings (SSSR count). The highest BCUT2D eigenvalue weighted by atomic mass is 16.5. The number of ketones is 1. The summed E-state index contributed by atoms with van der Waals surface area (Å²) in [7, 11) is 0. The Morgan fingerprint density at radius 3 is 1.88 bits per heavy atom. The smallest absolute Gasteiger partial charge is 0.183 e. The minimum atomic E-state index is -0.559. The van der Waals surface area contributed by atoms with Crippen molar-refractivity contribution in [2.75, 3.05) is 39.6 Å². The van der Waals surface area contributed by atoms with E-state index in [1.165, 1.54) is 0 Å². The molecule has 0 aliphatic carbocycles. The number of aromatic nitrogens is 2. The monoisotopic (exact) mass is 463 g/mol. The standard InChI is InChI=1S/C10H16N2O2.C7H14N2O.C3H6O3.H3N.H2O/c1-10(2-4-14-5-3-10)9-11-6-8(7-13)12-9;1-7(6(8)9)2-4-10-5-3-7;4-1-3(6)2-5;;/h6,13H,2-5,7H2,1H3,(H,11,12);2-5H2,1H3,(H3,8,9);4-5H,1-2H2;1H3;1H2. The van der Waals surface area contributed by atoms with Gasteiger partial charge in [-0.2, -0.15) is 0 Å². The van der Waals surface area contributed by atoms with E-state index in [9.17, 15) is 4.79 Å². The molecule has 0 spiro atoms. The Labute approximate surface area is 188 Å². The number of aliphatic hydroxyl groups is 3. The molecule has 2 aliphatic rings. The minimum absolute atomic E-state index is 0. The van der Waals surface area contributed by atoms with Gasteiger partial charge in [0.2, 0.25) is 0 Å². The van der Waals surface area contributed by atoms with Crippen molar-refractivity contribution in [3.63, 3.8) is 0 Å². The van der Waals surface area contributed by atoms with Crippen LogP contribution in [-0.4, -0.2) is 82.0 Å². The summed E-state index contributed by atoms with van der Waals surface area (Å²) in [5.41, 5.74) is 6.22. The Hall–Kier alpha value is -1.93. The van der Waals surface area contributed by atoms with Gasteiger partial charge in [0.15, 0.2) is 5.78 Å². The number of carbonyl (C=O) groups is 1. The lowest BCUT2D eigenvalue weighted by molar-refractivity contribution is -0.124. The molecule has 0 aromatic carbocycles. The molecule has 188 valence electrons. The molecule has 0 saturated carbocycles. The van der Waals surface area contributed by atoms with Crippen molar-refractivity contribution in [1.82, 2.24) is 16.1 Å². The summed E-state index contributed by atoms with van der Waals surface area (Å²) in [6.07, 6.45) is 5.47. The third kappa shape index (κ3) is 10.1. The van der Waals surface area contributed by atoms with Gasteiger partial charge in [-0.1, -0.05) is 13.8 Å². The number of Topliss-reactive ketones (excluding diaryl/α,β-unsaturated/α-hetero) is 1. The lowest BCUT2D eigenvalue weighted by Crippen LogP contribution is -2.38. The zero-order valence-corrected chi connectivity index (χ0v) is 19.2. The number of imidazole rings is 1. The highest BCUT2D eigenvalue weighted by molar-refractivity contribution is 5.83. The minimum Gasteiger partial charge on any atom is -0.412 e. The van der Waals surface area contributed by atoms with Gasteiger partial charge < -0.3 is 47.1 Å². The van der Waals surface area contributed by atoms with E-state index in [0.29, 0.717) is 5.84 Å². The second-order valence-corrected chi connectivity index (χ2v) is 8.03. The highest BCUT2D eigenvalue weighted by Crippen LogP contribution is 2.32. The zero-order valence-electron chi connectivity index (χ0n) is 19.2. The third-order valence-electron chi connectivity index (χ3n) is 5.57. The fraction of sp³-hybridized carbons (Fsp3) is 0.750. The molecule has 0 amide bonds. The van der Waals surface area contributed by atoms with E-state index in [1.807, 2.05) is 6.92 Å². The van der Waals surface area contributed by atoms with E-state index >= 15 is 0 Å². The Kier molecular flexibility index (Phi) is 15.9. The van der Waals surface area contributed by atoms with Crippen LogP contribution in [0.15, 0.2) is 6.20 Å². The number of ether oxygens (including phenoxy) is 2. The second-order valence-electron chi connectivity index (χ2n) is 8.03. The first kappa shape index (κ1) is 32.3. The summed E-state index contributed by atoms with van der Waals surface area (Å²) in [6, 6.07) is 0. The van der Waals surface area contributed by atoms with E-state index < -0.39 is 19.0 Å². The molecule has 1 aromatic heterocycles. The maximum atomic E-state index is 9.68. The van der Waals surface area contributed by atoms with Crippen molar-refractivity contribution in [3.8, 4) is 0 Å². The summed E-state index contributed by atoms with van der Waals surface area (Å²) in [5.74, 6) is 0.732. The van der Waals surface area contributed by atoms with Gasteiger partial charge in [-0.3, -0.25) is 10.2 Å². The maximum absolute atomic E-state index is 9.68. The van der Waals surface area contributed by atoms with E-state index in [2.05, 4.69) is 16.9 Å². The molecule has 12 heteroatoms. The molecule has 3 heterocycles. The Morgan fingerprint density at radius 2 is 1.56 bits per heavy atom. The van der Waals surface area contributed by atoms with Crippen LogP contribution in [0.4, 0.5) is 0 Å². The number of amidine groups is 1. The van der Waals surface area contributed by atoms with Crippen molar-refractivity contribution in [2.24, 2.45) is 11.1 Å². The second kappa shape index (κ2) is 15.8. The predicted octanol–water partition coefficient (Wildman–Crippen LogP) is -0.413. The fourth-order valence-electron chi connectivity index (χ4n) is 2.95. The number of nitrogens with zero attached hydrogens (tertiary/aromatic N) is 1. The van der Waals surface area contributed by atoms with Crippen LogP contribution < -0.4 is 11.9 Å². The van der Waals surface area contributed by atoms with Gasteiger partial charge in [0, 0.05) is 37.3 Å². The molecule has 12 N–H and O–H groups in total. The Balaban J connectivity index is 0. The zero-order chi connectivity index (χ0) is 22.6. The maximum Gasteiger partial charge on any atom is 0.183 e. The van der Waals surface area contributed by atoms with Crippen LogP contribution in [-0.2, 0) is 26.3 Å². The molecule has 2 aliphatic heterocycles. The number of aromatic amines is 1. The number of nitrogens with two attached hydrogens (primary N) is 1. The lowest BCUT2D eigenvalue weighted by atomic mass is 9.81. The molecule has 12 nitrogen and oxygen atoms in total. The molecule has 1 aromatic rings. The van der Waals surface area contributed by atoms with Crippen molar-refractivity contribution in [1.29, 1.82) is 5.41 Å². The van der Waals surface area contributed by atoms with Gasteiger partial charge in [-0.15, -0.1) is 0 Å². The van der Waals surface area contributed by atoms with Gasteiger partial charge in [0.25, 0.3) is 0 Å². The van der Waals surface area contributed by atoms with Crippen molar-refractivity contribution < 1.29 is 35.1 Å². The normalized spacial score (nSPS) is 18.3. The van der Waals surface area contributed by atoms with E-state index in [1.54, 1.807) is 6.20 Å². The number of hydrogen-bond acceptors (Lipinski definition) is 9. The number of hydrogen-bond donors (Lipinski definition) is 7. The molecule has 0 unspecified atom stereocenters. The van der Waals surface area contributed by atoms with Gasteiger partial charge in [-0.05, 0) is 25.7 Å². The molecule has 0 bridgehead atoms. The number of H-pyrrole nitrogens is 1. The first-order valence-corrected chi connectivity index (χ1v) is 10.1. The SMILES string of the molecule is CC1(C(=N)N)CCOCC1.CC1(c2ncc(CO)[nH]2)CCOCC1.N.O.O=C(CO)CO. The average molecular weight is 464 g/mol. The van der Waals surface area contributed by atoms with E-state index in [-0.39, 0.29) is 29.1 Å². The summed E-state index contributed by atoms with van der Waals surface area (Å²) < 4.78 is 10.5. The molecule has 2 saturated heterocycles.